The van der Waals surface area contributed by atoms with Crippen LogP contribution in [0.25, 0.3) is 0 Å². The zero-order valence-electron chi connectivity index (χ0n) is 24.6. The number of aliphatic hydroxyl groups excluding tert-OH is 1. The SMILES string of the molecule is NCCOCCOCCNC(=O)c1ccc(CNc2nc(NCCCn3ccnc3)nc(NC3CCC(O)CC3)n2)cc1. The van der Waals surface area contributed by atoms with Crippen LogP contribution >= 0.6 is 0 Å². The highest BCUT2D eigenvalue weighted by Crippen LogP contribution is 2.22. The third kappa shape index (κ3) is 11.7. The molecule has 0 bridgehead atoms. The normalized spacial score (nSPS) is 16.5. The molecule has 0 aliphatic heterocycles. The van der Waals surface area contributed by atoms with Gasteiger partial charge in [0.2, 0.25) is 17.8 Å². The molecule has 1 aromatic carbocycles. The topological polar surface area (TPSA) is 186 Å². The molecule has 0 spiro atoms. The fraction of sp³-hybridized carbons (Fsp3) is 0.552. The van der Waals surface area contributed by atoms with E-state index in [-0.39, 0.29) is 18.1 Å². The Morgan fingerprint density at radius 1 is 0.930 bits per heavy atom. The van der Waals surface area contributed by atoms with E-state index >= 15 is 0 Å². The first-order valence-corrected chi connectivity index (χ1v) is 15.0. The number of carbonyl (C=O) groups excluding carboxylic acids is 1. The van der Waals surface area contributed by atoms with Crippen molar-refractivity contribution in [1.82, 2.24) is 29.8 Å². The van der Waals surface area contributed by atoms with Crippen molar-refractivity contribution in [2.45, 2.75) is 57.3 Å². The molecule has 1 fully saturated rings. The molecule has 1 aliphatic carbocycles. The van der Waals surface area contributed by atoms with Gasteiger partial charge in [-0.05, 0) is 49.8 Å². The Labute approximate surface area is 252 Å². The van der Waals surface area contributed by atoms with Crippen LogP contribution in [0.5, 0.6) is 0 Å². The third-order valence-electron chi connectivity index (χ3n) is 6.93. The number of hydrogen-bond acceptors (Lipinski definition) is 12. The van der Waals surface area contributed by atoms with Crippen molar-refractivity contribution >= 4 is 23.8 Å². The molecule has 234 valence electrons. The number of ether oxygens (including phenoxy) is 2. The molecule has 1 saturated carbocycles. The summed E-state index contributed by atoms with van der Waals surface area (Å²) in [7, 11) is 0. The van der Waals surface area contributed by atoms with E-state index in [0.717, 1.165) is 44.2 Å². The van der Waals surface area contributed by atoms with Gasteiger partial charge in [-0.2, -0.15) is 15.0 Å². The lowest BCUT2D eigenvalue weighted by molar-refractivity contribution is 0.0511. The number of hydrogen-bond donors (Lipinski definition) is 6. The van der Waals surface area contributed by atoms with Crippen molar-refractivity contribution < 1.29 is 19.4 Å². The first kappa shape index (κ1) is 32.1. The van der Waals surface area contributed by atoms with E-state index in [9.17, 15) is 9.90 Å². The maximum atomic E-state index is 12.5. The van der Waals surface area contributed by atoms with E-state index in [1.54, 1.807) is 24.7 Å². The Kier molecular flexibility index (Phi) is 13.4. The molecule has 1 amide bonds. The van der Waals surface area contributed by atoms with Gasteiger partial charge in [-0.25, -0.2) is 4.98 Å². The summed E-state index contributed by atoms with van der Waals surface area (Å²) in [5.41, 5.74) is 6.91. The van der Waals surface area contributed by atoms with Gasteiger partial charge in [0.1, 0.15) is 0 Å². The van der Waals surface area contributed by atoms with Crippen LogP contribution in [0.2, 0.25) is 0 Å². The van der Waals surface area contributed by atoms with Crippen molar-refractivity contribution in [3.8, 4) is 0 Å². The van der Waals surface area contributed by atoms with Gasteiger partial charge in [-0.3, -0.25) is 4.79 Å². The smallest absolute Gasteiger partial charge is 0.251 e. The fourth-order valence-electron chi connectivity index (χ4n) is 4.58. The highest BCUT2D eigenvalue weighted by atomic mass is 16.5. The molecule has 0 atom stereocenters. The molecule has 0 unspecified atom stereocenters. The van der Waals surface area contributed by atoms with Crippen molar-refractivity contribution in [1.29, 1.82) is 0 Å². The lowest BCUT2D eigenvalue weighted by Crippen LogP contribution is -2.29. The van der Waals surface area contributed by atoms with E-state index in [1.165, 1.54) is 0 Å². The fourth-order valence-corrected chi connectivity index (χ4v) is 4.58. The van der Waals surface area contributed by atoms with Gasteiger partial charge in [-0.15, -0.1) is 0 Å². The maximum Gasteiger partial charge on any atom is 0.251 e. The molecule has 14 nitrogen and oxygen atoms in total. The molecule has 3 aromatic rings. The highest BCUT2D eigenvalue weighted by molar-refractivity contribution is 5.94. The van der Waals surface area contributed by atoms with E-state index in [1.807, 2.05) is 22.9 Å². The quantitative estimate of drug-likeness (QED) is 0.110. The number of imidazole rings is 1. The van der Waals surface area contributed by atoms with E-state index in [0.29, 0.717) is 76.0 Å². The second-order valence-electron chi connectivity index (χ2n) is 10.4. The summed E-state index contributed by atoms with van der Waals surface area (Å²) in [6.45, 7) is 4.77. The number of rotatable bonds is 19. The molecule has 2 aromatic heterocycles. The van der Waals surface area contributed by atoms with Crippen LogP contribution in [-0.4, -0.2) is 93.7 Å². The summed E-state index contributed by atoms with van der Waals surface area (Å²) in [6, 6.07) is 7.58. The number of aryl methyl sites for hydroxylation is 1. The summed E-state index contributed by atoms with van der Waals surface area (Å²) in [5.74, 6) is 1.27. The minimum atomic E-state index is -0.231. The van der Waals surface area contributed by atoms with Gasteiger partial charge in [0, 0.05) is 56.7 Å². The first-order valence-electron chi connectivity index (χ1n) is 15.0. The van der Waals surface area contributed by atoms with Gasteiger partial charge in [-0.1, -0.05) is 12.1 Å². The van der Waals surface area contributed by atoms with E-state index < -0.39 is 0 Å². The Bertz CT molecular complexity index is 1200. The molecular formula is C29H44N10O4. The maximum absolute atomic E-state index is 12.5. The Balaban J connectivity index is 1.26. The van der Waals surface area contributed by atoms with Crippen molar-refractivity contribution in [3.05, 3.63) is 54.1 Å². The Morgan fingerprint density at radius 2 is 1.65 bits per heavy atom. The van der Waals surface area contributed by atoms with Crippen LogP contribution in [-0.2, 0) is 22.6 Å². The Hall–Kier alpha value is -3.85. The van der Waals surface area contributed by atoms with Crippen LogP contribution in [0.1, 0.15) is 48.0 Å². The zero-order valence-corrected chi connectivity index (χ0v) is 24.6. The number of nitrogens with zero attached hydrogens (tertiary/aromatic N) is 5. The summed E-state index contributed by atoms with van der Waals surface area (Å²) in [6.07, 6.45) is 9.40. The molecule has 2 heterocycles. The monoisotopic (exact) mass is 596 g/mol. The minimum absolute atomic E-state index is 0.158. The minimum Gasteiger partial charge on any atom is -0.393 e. The molecule has 43 heavy (non-hydrogen) atoms. The predicted molar refractivity (Wildman–Crippen MR) is 164 cm³/mol. The van der Waals surface area contributed by atoms with Crippen LogP contribution in [0.15, 0.2) is 43.0 Å². The van der Waals surface area contributed by atoms with Gasteiger partial charge in [0.15, 0.2) is 0 Å². The number of nitrogens with one attached hydrogen (secondary N) is 4. The number of amides is 1. The average Bonchev–Trinajstić information content (AvgIpc) is 3.55. The highest BCUT2D eigenvalue weighted by Gasteiger charge is 2.20. The molecule has 0 radical (unpaired) electrons. The lowest BCUT2D eigenvalue weighted by Gasteiger charge is -2.26. The van der Waals surface area contributed by atoms with Crippen molar-refractivity contribution in [2.75, 3.05) is 62.0 Å². The van der Waals surface area contributed by atoms with E-state index in [4.69, 9.17) is 15.2 Å². The molecule has 4 rings (SSSR count). The Morgan fingerprint density at radius 3 is 2.37 bits per heavy atom. The molecule has 0 saturated heterocycles. The summed E-state index contributed by atoms with van der Waals surface area (Å²) in [4.78, 5) is 30.3. The standard InChI is InChI=1S/C29H44N10O4/c30-10-16-42-18-19-43-17-13-32-26(41)23-4-2-22(3-5-23)20-34-28-36-27(33-11-1-14-39-15-12-31-21-39)37-29(38-28)35-24-6-8-25(40)9-7-24/h2-5,12,15,21,24-25,40H,1,6-11,13-14,16-20,30H2,(H,32,41)(H3,33,34,35,36,37,38). The van der Waals surface area contributed by atoms with Crippen molar-refractivity contribution in [2.24, 2.45) is 5.73 Å². The number of carbonyl (C=O) groups is 1. The van der Waals surface area contributed by atoms with Gasteiger partial charge >= 0.3 is 0 Å². The number of aromatic nitrogens is 5. The lowest BCUT2D eigenvalue weighted by atomic mass is 9.93. The van der Waals surface area contributed by atoms with Crippen LogP contribution < -0.4 is 27.0 Å². The predicted octanol–water partition coefficient (Wildman–Crippen LogP) is 1.62. The molecule has 7 N–H and O–H groups in total. The number of anilines is 3. The van der Waals surface area contributed by atoms with Crippen LogP contribution in [0.4, 0.5) is 17.8 Å². The second kappa shape index (κ2) is 18.0. The largest absolute Gasteiger partial charge is 0.393 e. The van der Waals surface area contributed by atoms with Crippen LogP contribution in [0.3, 0.4) is 0 Å². The molecular weight excluding hydrogens is 552 g/mol. The summed E-state index contributed by atoms with van der Waals surface area (Å²) in [5, 5.41) is 22.7. The van der Waals surface area contributed by atoms with Crippen molar-refractivity contribution in [3.63, 3.8) is 0 Å². The first-order chi connectivity index (χ1) is 21.1. The van der Waals surface area contributed by atoms with E-state index in [2.05, 4.69) is 41.2 Å². The second-order valence-corrected chi connectivity index (χ2v) is 10.4. The molecule has 1 aliphatic rings. The number of nitrogens with two attached hydrogens (primary N) is 1. The van der Waals surface area contributed by atoms with Gasteiger partial charge in [0.05, 0.1) is 38.9 Å². The zero-order chi connectivity index (χ0) is 30.1. The third-order valence-corrected chi connectivity index (χ3v) is 6.93. The number of benzene rings is 1. The summed E-state index contributed by atoms with van der Waals surface area (Å²) >= 11 is 0. The number of aliphatic hydroxyl groups is 1. The van der Waals surface area contributed by atoms with Gasteiger partial charge < -0.3 is 46.1 Å². The molecule has 14 heteroatoms. The van der Waals surface area contributed by atoms with Gasteiger partial charge in [0.25, 0.3) is 5.91 Å². The average molecular weight is 597 g/mol. The summed E-state index contributed by atoms with van der Waals surface area (Å²) < 4.78 is 12.7. The van der Waals surface area contributed by atoms with Crippen LogP contribution in [0, 0.1) is 0 Å².